The molecule has 0 aliphatic heterocycles. The Balaban J connectivity index is 1.14. The van der Waals surface area contributed by atoms with Crippen LogP contribution < -0.4 is 4.90 Å². The fraction of sp³-hybridized carbons (Fsp3) is 0.0204. The van der Waals surface area contributed by atoms with E-state index >= 15 is 0 Å². The van der Waals surface area contributed by atoms with E-state index in [2.05, 4.69) is 193 Å². The van der Waals surface area contributed by atoms with E-state index in [1.807, 2.05) is 11.3 Å². The first kappa shape index (κ1) is 28.6. The van der Waals surface area contributed by atoms with Gasteiger partial charge >= 0.3 is 0 Å². The molecule has 0 saturated heterocycles. The van der Waals surface area contributed by atoms with Gasteiger partial charge in [0.05, 0.1) is 5.41 Å². The van der Waals surface area contributed by atoms with Crippen LogP contribution in [0.3, 0.4) is 0 Å². The predicted octanol–water partition coefficient (Wildman–Crippen LogP) is 13.5. The summed E-state index contributed by atoms with van der Waals surface area (Å²) in [5, 5.41) is 2.63. The van der Waals surface area contributed by atoms with E-state index in [1.165, 1.54) is 75.8 Å². The summed E-state index contributed by atoms with van der Waals surface area (Å²) >= 11 is 1.87. The third-order valence-corrected chi connectivity index (χ3v) is 12.2. The monoisotopic (exact) mass is 665 g/mol. The summed E-state index contributed by atoms with van der Waals surface area (Å²) in [4.78, 5) is 2.43. The molecule has 0 saturated carbocycles. The molecule has 1 spiro atoms. The number of benzene rings is 8. The summed E-state index contributed by atoms with van der Waals surface area (Å²) in [6, 6.07) is 69.7. The third-order valence-electron chi connectivity index (χ3n) is 11.1. The fourth-order valence-corrected chi connectivity index (χ4v) is 10.1. The number of anilines is 3. The number of hydrogen-bond donors (Lipinski definition) is 0. The molecular formula is C49H31NS. The van der Waals surface area contributed by atoms with Crippen molar-refractivity contribution in [3.8, 4) is 33.4 Å². The highest BCUT2D eigenvalue weighted by atomic mass is 32.1. The van der Waals surface area contributed by atoms with Crippen molar-refractivity contribution in [1.82, 2.24) is 0 Å². The Kier molecular flexibility index (Phi) is 6.11. The van der Waals surface area contributed by atoms with Crippen molar-refractivity contribution in [2.24, 2.45) is 0 Å². The largest absolute Gasteiger partial charge is 0.310 e. The van der Waals surface area contributed by atoms with E-state index in [9.17, 15) is 0 Å². The minimum atomic E-state index is -0.351. The number of rotatable bonds is 4. The van der Waals surface area contributed by atoms with Gasteiger partial charge in [-0.2, -0.15) is 0 Å². The molecule has 2 aliphatic rings. The molecule has 0 atom stereocenters. The Morgan fingerprint density at radius 2 is 0.824 bits per heavy atom. The van der Waals surface area contributed by atoms with Crippen molar-refractivity contribution >= 4 is 48.6 Å². The number of thiophene rings is 1. The van der Waals surface area contributed by atoms with Crippen molar-refractivity contribution < 1.29 is 0 Å². The van der Waals surface area contributed by atoms with E-state index in [4.69, 9.17) is 0 Å². The molecule has 51 heavy (non-hydrogen) atoms. The number of fused-ring (bicyclic) bond motifs is 13. The highest BCUT2D eigenvalue weighted by Gasteiger charge is 2.51. The van der Waals surface area contributed by atoms with Gasteiger partial charge in [-0.15, -0.1) is 11.3 Å². The predicted molar refractivity (Wildman–Crippen MR) is 216 cm³/mol. The number of hydrogen-bond acceptors (Lipinski definition) is 2. The van der Waals surface area contributed by atoms with Gasteiger partial charge in [-0.05, 0) is 98.1 Å². The molecule has 238 valence electrons. The van der Waals surface area contributed by atoms with Crippen LogP contribution in [-0.2, 0) is 5.41 Å². The van der Waals surface area contributed by atoms with Gasteiger partial charge in [0, 0.05) is 37.2 Å². The smallest absolute Gasteiger partial charge is 0.0725 e. The Morgan fingerprint density at radius 1 is 0.333 bits per heavy atom. The third kappa shape index (κ3) is 4.03. The van der Waals surface area contributed by atoms with Gasteiger partial charge in [0.15, 0.2) is 0 Å². The molecule has 2 heteroatoms. The zero-order valence-corrected chi connectivity index (χ0v) is 28.6. The summed E-state index contributed by atoms with van der Waals surface area (Å²) in [5.74, 6) is 0. The highest BCUT2D eigenvalue weighted by molar-refractivity contribution is 7.25. The lowest BCUT2D eigenvalue weighted by atomic mass is 9.70. The minimum absolute atomic E-state index is 0.351. The van der Waals surface area contributed by atoms with E-state index < -0.39 is 0 Å². The zero-order chi connectivity index (χ0) is 33.5. The van der Waals surface area contributed by atoms with Crippen LogP contribution in [0.25, 0.3) is 53.6 Å². The van der Waals surface area contributed by atoms with Crippen LogP contribution >= 0.6 is 11.3 Å². The lowest BCUT2D eigenvalue weighted by Crippen LogP contribution is -2.25. The van der Waals surface area contributed by atoms with E-state index in [0.717, 1.165) is 17.1 Å². The van der Waals surface area contributed by atoms with Crippen molar-refractivity contribution in [3.05, 3.63) is 210 Å². The molecule has 2 aliphatic carbocycles. The maximum Gasteiger partial charge on any atom is 0.0725 e. The maximum absolute atomic E-state index is 2.44. The summed E-state index contributed by atoms with van der Waals surface area (Å²) < 4.78 is 2.62. The average Bonchev–Trinajstić information content (AvgIpc) is 3.82. The highest BCUT2D eigenvalue weighted by Crippen LogP contribution is 2.63. The molecule has 1 aromatic heterocycles. The Hall–Kier alpha value is -6.22. The van der Waals surface area contributed by atoms with Crippen LogP contribution in [0.4, 0.5) is 17.1 Å². The molecule has 9 aromatic rings. The van der Waals surface area contributed by atoms with Crippen molar-refractivity contribution in [1.29, 1.82) is 0 Å². The summed E-state index contributed by atoms with van der Waals surface area (Å²) in [6.07, 6.45) is 0. The van der Waals surface area contributed by atoms with Gasteiger partial charge in [-0.25, -0.2) is 0 Å². The first-order chi connectivity index (χ1) is 25.3. The van der Waals surface area contributed by atoms with Gasteiger partial charge in [0.1, 0.15) is 0 Å². The lowest BCUT2D eigenvalue weighted by Gasteiger charge is -2.31. The molecule has 0 fully saturated rings. The first-order valence-corrected chi connectivity index (χ1v) is 18.4. The Morgan fingerprint density at radius 3 is 1.53 bits per heavy atom. The van der Waals surface area contributed by atoms with Crippen LogP contribution in [0.15, 0.2) is 188 Å². The maximum atomic E-state index is 2.44. The molecule has 11 rings (SSSR count). The molecule has 1 heterocycles. The molecule has 0 bridgehead atoms. The first-order valence-electron chi connectivity index (χ1n) is 17.6. The van der Waals surface area contributed by atoms with E-state index in [-0.39, 0.29) is 5.41 Å². The van der Waals surface area contributed by atoms with Gasteiger partial charge in [-0.1, -0.05) is 146 Å². The molecular weight excluding hydrogens is 635 g/mol. The van der Waals surface area contributed by atoms with Gasteiger partial charge < -0.3 is 4.90 Å². The summed E-state index contributed by atoms with van der Waals surface area (Å²) in [6.45, 7) is 0. The van der Waals surface area contributed by atoms with Crippen LogP contribution in [0, 0.1) is 0 Å². The van der Waals surface area contributed by atoms with Crippen molar-refractivity contribution in [2.45, 2.75) is 5.41 Å². The van der Waals surface area contributed by atoms with Crippen LogP contribution in [-0.4, -0.2) is 0 Å². The van der Waals surface area contributed by atoms with Crippen LogP contribution in [0.1, 0.15) is 22.3 Å². The van der Waals surface area contributed by atoms with E-state index in [0.29, 0.717) is 0 Å². The van der Waals surface area contributed by atoms with Crippen molar-refractivity contribution in [2.75, 3.05) is 4.90 Å². The summed E-state index contributed by atoms with van der Waals surface area (Å²) in [7, 11) is 0. The van der Waals surface area contributed by atoms with E-state index in [1.54, 1.807) is 0 Å². The fourth-order valence-electron chi connectivity index (χ4n) is 8.96. The van der Waals surface area contributed by atoms with Gasteiger partial charge in [-0.3, -0.25) is 0 Å². The molecule has 1 nitrogen and oxygen atoms in total. The molecule has 0 radical (unpaired) electrons. The topological polar surface area (TPSA) is 3.24 Å². The molecule has 8 aromatic carbocycles. The molecule has 0 amide bonds. The quantitative estimate of drug-likeness (QED) is 0.181. The normalized spacial score (nSPS) is 13.3. The van der Waals surface area contributed by atoms with Crippen molar-refractivity contribution in [3.63, 3.8) is 0 Å². The second-order valence-corrected chi connectivity index (χ2v) is 14.7. The Labute approximate surface area is 301 Å². The lowest BCUT2D eigenvalue weighted by molar-refractivity contribution is 0.794. The second-order valence-electron chi connectivity index (χ2n) is 13.6. The number of nitrogens with zero attached hydrogens (tertiary/aromatic N) is 1. The Bertz CT molecular complexity index is 2760. The minimum Gasteiger partial charge on any atom is -0.310 e. The average molecular weight is 666 g/mol. The molecule has 0 unspecified atom stereocenters. The van der Waals surface area contributed by atoms with Gasteiger partial charge in [0.2, 0.25) is 0 Å². The second kappa shape index (κ2) is 10.9. The SMILES string of the molecule is c1ccc(-c2ccc(N(c3ccc4c(c3)-c3ccccc3C43c4ccccc4-c4ccccc43)c3ccc4c(c3)sc3ccccc34)cc2)cc1. The standard InChI is InChI=1S/C49H31NS/c1-2-12-32(13-3-1)33-22-24-34(25-23-33)50(36-26-28-41-40-17-7-11-21-47(40)51-48(41)31-36)35-27-29-46-42(30-35)39-16-6-10-20-45(39)49(46)43-18-8-4-14-37(43)38-15-5-9-19-44(38)49/h1-31H. The summed E-state index contributed by atoms with van der Waals surface area (Å²) in [5.41, 5.74) is 16.2. The zero-order valence-electron chi connectivity index (χ0n) is 27.8. The van der Waals surface area contributed by atoms with Crippen LogP contribution in [0.5, 0.6) is 0 Å². The van der Waals surface area contributed by atoms with Gasteiger partial charge in [0.25, 0.3) is 0 Å². The molecule has 0 N–H and O–H groups in total. The van der Waals surface area contributed by atoms with Crippen LogP contribution in [0.2, 0.25) is 0 Å².